The van der Waals surface area contributed by atoms with Gasteiger partial charge in [-0.15, -0.1) is 11.3 Å². The van der Waals surface area contributed by atoms with Crippen molar-refractivity contribution in [3.8, 4) is 0 Å². The molecule has 0 aliphatic rings. The number of unbranched alkanes of at least 4 members (excludes halogenated alkanes) is 3. The van der Waals surface area contributed by atoms with Crippen molar-refractivity contribution in [2.75, 3.05) is 0 Å². The van der Waals surface area contributed by atoms with Crippen LogP contribution in [0.25, 0.3) is 0 Å². The van der Waals surface area contributed by atoms with E-state index in [4.69, 9.17) is 14.5 Å². The van der Waals surface area contributed by atoms with Crippen LogP contribution in [-0.4, -0.2) is 41.8 Å². The van der Waals surface area contributed by atoms with Crippen molar-refractivity contribution in [2.24, 2.45) is 0 Å². The van der Waals surface area contributed by atoms with Gasteiger partial charge < -0.3 is 5.11 Å². The Morgan fingerprint density at radius 3 is 1.80 bits per heavy atom. The number of aliphatic hydroxyl groups is 1. The first-order chi connectivity index (χ1) is 16.4. The maximum Gasteiger partial charge on any atom is 0.159 e. The summed E-state index contributed by atoms with van der Waals surface area (Å²) in [5.74, 6) is 0. The van der Waals surface area contributed by atoms with E-state index in [-0.39, 0.29) is 11.6 Å². The van der Waals surface area contributed by atoms with E-state index < -0.39 is 26.7 Å². The molecule has 4 nitrogen and oxygen atoms in total. The van der Waals surface area contributed by atoms with Crippen molar-refractivity contribution in [2.45, 2.75) is 125 Å². The molecular weight excluding hydrogens is 663 g/mol. The summed E-state index contributed by atoms with van der Waals surface area (Å²) in [4.78, 5) is 9.15. The van der Waals surface area contributed by atoms with Crippen molar-refractivity contribution >= 4 is 68.3 Å². The smallest absolute Gasteiger partial charge is 0.159 e. The first kappa shape index (κ1) is 33.7. The standard InChI is InChI=1S/C10H18NOSSi.C4H4BrNOS.3C4H9.Sn/c1-10(2,3)14(4,5)12-6-9-7-13-8-11-9;5-4-6-3(1-7)2-8-4;3*1-3-4-2;/h7H,6H2,1-5H3;2,7H,1H2;3*1,3-4H2,2H3;. The topological polar surface area (TPSA) is 55.2 Å². The third-order valence-corrected chi connectivity index (χ3v) is 31.7. The number of aliphatic hydroxyl groups excluding tert-OH is 1. The molecule has 1 N–H and O–H groups in total. The van der Waals surface area contributed by atoms with Gasteiger partial charge in [0.25, 0.3) is 0 Å². The van der Waals surface area contributed by atoms with Gasteiger partial charge in [0.2, 0.25) is 0 Å². The average Bonchev–Trinajstić information content (AvgIpc) is 3.46. The summed E-state index contributed by atoms with van der Waals surface area (Å²) in [6.07, 6.45) is 8.17. The SMILES string of the molecule is CCC[CH2][Sn]([CH2]CCC)([CH2]CCC)[c]1nc(CO[Si](C)(C)C(C)(C)C)cs1.OCc1csc(Br)n1. The van der Waals surface area contributed by atoms with Gasteiger partial charge >= 0.3 is 180 Å². The second kappa shape index (κ2) is 16.6. The molecule has 0 aliphatic carbocycles. The van der Waals surface area contributed by atoms with E-state index in [2.05, 4.69) is 80.9 Å². The number of nitrogens with zero attached hydrogens (tertiary/aromatic N) is 2. The average molecular weight is 713 g/mol. The number of aromatic nitrogens is 2. The van der Waals surface area contributed by atoms with Gasteiger partial charge in [-0.3, -0.25) is 0 Å². The third kappa shape index (κ3) is 11.5. The monoisotopic (exact) mass is 712 g/mol. The Bertz CT molecular complexity index is 818. The molecule has 0 fully saturated rings. The zero-order valence-electron chi connectivity index (χ0n) is 23.4. The molecule has 35 heavy (non-hydrogen) atoms. The van der Waals surface area contributed by atoms with E-state index in [0.717, 1.165) is 9.61 Å². The third-order valence-electron chi connectivity index (χ3n) is 7.10. The molecule has 202 valence electrons. The first-order valence-electron chi connectivity index (χ1n) is 13.2. The fourth-order valence-corrected chi connectivity index (χ4v) is 25.0. The minimum absolute atomic E-state index is 0.0299. The number of hydrogen-bond donors (Lipinski definition) is 1. The van der Waals surface area contributed by atoms with Crippen LogP contribution in [0.15, 0.2) is 14.7 Å². The summed E-state index contributed by atoms with van der Waals surface area (Å²) in [5.41, 5.74) is 1.92. The largest absolute Gasteiger partial charge is 0.390 e. The van der Waals surface area contributed by atoms with E-state index in [1.807, 2.05) is 16.7 Å². The van der Waals surface area contributed by atoms with Crippen LogP contribution >= 0.6 is 38.6 Å². The molecule has 0 unspecified atom stereocenters. The first-order valence-corrected chi connectivity index (χ1v) is 26.2. The fraction of sp³-hybridized carbons (Fsp3) is 0.769. The molecular formula is C26H49BrN2O2S2SiSn. The normalized spacial score (nSPS) is 12.5. The number of rotatable bonds is 14. The number of thiazole rings is 2. The van der Waals surface area contributed by atoms with Gasteiger partial charge in [0.05, 0.1) is 12.3 Å². The molecule has 2 aromatic heterocycles. The fourth-order valence-electron chi connectivity index (χ4n) is 3.68. The number of hydrogen-bond acceptors (Lipinski definition) is 6. The van der Waals surface area contributed by atoms with E-state index >= 15 is 0 Å². The van der Waals surface area contributed by atoms with E-state index in [1.54, 1.807) is 3.02 Å². The second-order valence-corrected chi connectivity index (χ2v) is 32.8. The quantitative estimate of drug-likeness (QED) is 0.199. The molecule has 0 atom stereocenters. The van der Waals surface area contributed by atoms with Gasteiger partial charge in [-0.2, -0.15) is 0 Å². The summed E-state index contributed by atoms with van der Waals surface area (Å²) in [6, 6.07) is 0. The van der Waals surface area contributed by atoms with Gasteiger partial charge in [0, 0.05) is 5.38 Å². The molecule has 0 spiro atoms. The Balaban J connectivity index is 0.000000642. The minimum atomic E-state index is -2.36. The van der Waals surface area contributed by atoms with Gasteiger partial charge in [0.15, 0.2) is 3.92 Å². The van der Waals surface area contributed by atoms with Gasteiger partial charge in [-0.1, -0.05) is 0 Å². The second-order valence-electron chi connectivity index (χ2n) is 11.0. The molecule has 9 heteroatoms. The molecule has 0 aliphatic heterocycles. The maximum atomic E-state index is 8.47. The molecule has 0 saturated carbocycles. The molecule has 2 aromatic rings. The van der Waals surface area contributed by atoms with Crippen LogP contribution in [-0.2, 0) is 17.6 Å². The molecule has 2 rings (SSSR count). The van der Waals surface area contributed by atoms with E-state index in [9.17, 15) is 0 Å². The molecule has 0 saturated heterocycles. The van der Waals surface area contributed by atoms with Crippen LogP contribution in [0, 0.1) is 0 Å². The van der Waals surface area contributed by atoms with Crippen LogP contribution in [0.2, 0.25) is 31.4 Å². The molecule has 0 amide bonds. The van der Waals surface area contributed by atoms with E-state index in [0.29, 0.717) is 6.61 Å². The van der Waals surface area contributed by atoms with Crippen molar-refractivity contribution in [3.05, 3.63) is 26.1 Å². The van der Waals surface area contributed by atoms with Crippen molar-refractivity contribution in [1.29, 1.82) is 0 Å². The van der Waals surface area contributed by atoms with Gasteiger partial charge in [-0.25, -0.2) is 4.98 Å². The summed E-state index contributed by atoms with van der Waals surface area (Å²) in [7, 11) is -1.71. The van der Waals surface area contributed by atoms with Crippen LogP contribution in [0.3, 0.4) is 0 Å². The van der Waals surface area contributed by atoms with E-state index in [1.165, 1.54) is 68.9 Å². The summed E-state index contributed by atoms with van der Waals surface area (Å²) in [5, 5.41) is 12.9. The molecule has 0 bridgehead atoms. The van der Waals surface area contributed by atoms with Crippen LogP contribution in [0.5, 0.6) is 0 Å². The zero-order valence-corrected chi connectivity index (χ0v) is 30.5. The summed E-state index contributed by atoms with van der Waals surface area (Å²) >= 11 is 4.27. The Morgan fingerprint density at radius 1 is 0.914 bits per heavy atom. The summed E-state index contributed by atoms with van der Waals surface area (Å²) in [6.45, 7) is 19.4. The van der Waals surface area contributed by atoms with Gasteiger partial charge in [-0.05, 0) is 15.9 Å². The Kier molecular flexibility index (Phi) is 16.0. The number of halogens is 1. The molecule has 0 radical (unpaired) electrons. The van der Waals surface area contributed by atoms with Gasteiger partial charge in [0.1, 0.15) is 0 Å². The minimum Gasteiger partial charge on any atom is -0.390 e. The summed E-state index contributed by atoms with van der Waals surface area (Å²) < 4.78 is 13.4. The maximum absolute atomic E-state index is 8.47. The van der Waals surface area contributed by atoms with Crippen molar-refractivity contribution in [3.63, 3.8) is 0 Å². The Labute approximate surface area is 236 Å². The van der Waals surface area contributed by atoms with Crippen LogP contribution in [0.4, 0.5) is 0 Å². The molecule has 2 heterocycles. The molecule has 0 aromatic carbocycles. The predicted molar refractivity (Wildman–Crippen MR) is 164 cm³/mol. The van der Waals surface area contributed by atoms with Crippen molar-refractivity contribution < 1.29 is 9.53 Å². The Hall–Kier alpha value is 0.676. The van der Waals surface area contributed by atoms with Crippen molar-refractivity contribution in [1.82, 2.24) is 9.97 Å². The Morgan fingerprint density at radius 2 is 1.43 bits per heavy atom. The zero-order chi connectivity index (χ0) is 26.5. The van der Waals surface area contributed by atoms with Crippen LogP contribution in [0.1, 0.15) is 91.5 Å². The predicted octanol–water partition coefficient (Wildman–Crippen LogP) is 9.12. The van der Waals surface area contributed by atoms with Crippen LogP contribution < -0.4 is 3.02 Å².